The molecule has 2 saturated heterocycles. The summed E-state index contributed by atoms with van der Waals surface area (Å²) in [5, 5.41) is 3.30. The van der Waals surface area contributed by atoms with Crippen LogP contribution in [0, 0.1) is 23.2 Å². The molecule has 1 aromatic carbocycles. The fraction of sp³-hybridized carbons (Fsp3) is 0.692. The predicted octanol–water partition coefficient (Wildman–Crippen LogP) is 6.93. The number of benzene rings is 1. The zero-order valence-corrected chi connectivity index (χ0v) is 21.6. The van der Waals surface area contributed by atoms with E-state index < -0.39 is 0 Å². The van der Waals surface area contributed by atoms with Crippen LogP contribution in [0.5, 0.6) is 0 Å². The van der Waals surface area contributed by atoms with Crippen LogP contribution in [-0.2, 0) is 0 Å². The molecule has 0 radical (unpaired) electrons. The molecule has 2 aliphatic heterocycles. The van der Waals surface area contributed by atoms with E-state index >= 15 is 0 Å². The molecular weight excluding hydrogens is 454 g/mol. The predicted molar refractivity (Wildman–Crippen MR) is 141 cm³/mol. The van der Waals surface area contributed by atoms with Crippen LogP contribution in [0.4, 0.5) is 5.69 Å². The summed E-state index contributed by atoms with van der Waals surface area (Å²) in [4.78, 5) is 13.6. The van der Waals surface area contributed by atoms with Crippen LogP contribution in [0.15, 0.2) is 34.3 Å². The number of hydrogen-bond acceptors (Lipinski definition) is 5. The summed E-state index contributed by atoms with van der Waals surface area (Å²) < 4.78 is 0. The number of aliphatic imine (C=N–C) groups is 2. The van der Waals surface area contributed by atoms with Gasteiger partial charge in [-0.3, -0.25) is 9.89 Å². The van der Waals surface area contributed by atoms with Gasteiger partial charge in [-0.25, -0.2) is 4.99 Å². The first-order valence-electron chi connectivity index (χ1n) is 12.3. The van der Waals surface area contributed by atoms with Crippen molar-refractivity contribution in [2.24, 2.45) is 33.2 Å². The lowest BCUT2D eigenvalue weighted by molar-refractivity contribution is 0.00141. The van der Waals surface area contributed by atoms with E-state index in [2.05, 4.69) is 36.6 Å². The lowest BCUT2D eigenvalue weighted by atomic mass is 9.53. The third-order valence-electron chi connectivity index (χ3n) is 8.47. The van der Waals surface area contributed by atoms with Crippen molar-refractivity contribution in [2.45, 2.75) is 64.0 Å². The highest BCUT2D eigenvalue weighted by atomic mass is 35.5. The summed E-state index contributed by atoms with van der Waals surface area (Å²) in [5.74, 6) is 5.23. The molecule has 0 aromatic heterocycles. The molecule has 3 nitrogen and oxygen atoms in total. The molecule has 32 heavy (non-hydrogen) atoms. The fourth-order valence-corrected chi connectivity index (χ4v) is 10.1. The van der Waals surface area contributed by atoms with Gasteiger partial charge in [-0.1, -0.05) is 43.3 Å². The van der Waals surface area contributed by atoms with E-state index in [9.17, 15) is 0 Å². The third kappa shape index (κ3) is 3.99. The van der Waals surface area contributed by atoms with Crippen LogP contribution in [0.3, 0.4) is 0 Å². The quantitative estimate of drug-likeness (QED) is 0.462. The van der Waals surface area contributed by atoms with E-state index in [4.69, 9.17) is 21.6 Å². The summed E-state index contributed by atoms with van der Waals surface area (Å²) >= 11 is 10.2. The Bertz CT molecular complexity index is 915. The average Bonchev–Trinajstić information content (AvgIpc) is 2.96. The van der Waals surface area contributed by atoms with E-state index in [-0.39, 0.29) is 11.0 Å². The number of halogens is 1. The fourth-order valence-electron chi connectivity index (χ4n) is 7.51. The Kier molecular flexibility index (Phi) is 5.72. The first-order valence-corrected chi connectivity index (χ1v) is 14.7. The second-order valence-electron chi connectivity index (χ2n) is 11.4. The monoisotopic (exact) mass is 487 g/mol. The molecule has 1 unspecified atom stereocenters. The van der Waals surface area contributed by atoms with Gasteiger partial charge in [0.1, 0.15) is 0 Å². The molecule has 172 valence electrons. The third-order valence-corrected chi connectivity index (χ3v) is 11.0. The van der Waals surface area contributed by atoms with Crippen molar-refractivity contribution in [3.8, 4) is 0 Å². The van der Waals surface area contributed by atoms with Gasteiger partial charge in [0, 0.05) is 35.0 Å². The average molecular weight is 488 g/mol. The highest BCUT2D eigenvalue weighted by Gasteiger charge is 2.54. The van der Waals surface area contributed by atoms with Gasteiger partial charge in [0.15, 0.2) is 0 Å². The molecule has 1 aromatic rings. The minimum absolute atomic E-state index is 0.0455. The Morgan fingerprint density at radius 3 is 2.28 bits per heavy atom. The van der Waals surface area contributed by atoms with Crippen LogP contribution in [0.2, 0.25) is 5.02 Å². The molecule has 6 heteroatoms. The maximum atomic E-state index is 6.27. The van der Waals surface area contributed by atoms with Gasteiger partial charge in [-0.2, -0.15) is 11.8 Å². The van der Waals surface area contributed by atoms with Crippen molar-refractivity contribution in [1.82, 2.24) is 4.90 Å². The van der Waals surface area contributed by atoms with Crippen molar-refractivity contribution in [3.05, 3.63) is 29.3 Å². The summed E-state index contributed by atoms with van der Waals surface area (Å²) in [6, 6.07) is 8.31. The standard InChI is InChI=1S/C26H34ClN3S2/c1-25(2)22(30-6-8-31-9-7-30)23(32-24(25)28-21-5-3-4-20(27)13-21)29-26-14-17-10-18(15-26)12-19(11-17)16-26/h3-5,13,17-19,22H,6-12,14-16H2,1-2H3. The van der Waals surface area contributed by atoms with Crippen molar-refractivity contribution in [2.75, 3.05) is 24.6 Å². The van der Waals surface area contributed by atoms with Gasteiger partial charge in [-0.15, -0.1) is 0 Å². The van der Waals surface area contributed by atoms with Gasteiger partial charge in [0.2, 0.25) is 0 Å². The Hall–Kier alpha value is -0.490. The maximum Gasteiger partial charge on any atom is 0.0924 e. The molecule has 6 aliphatic rings. The molecule has 7 rings (SSSR count). The second kappa shape index (κ2) is 8.32. The first-order chi connectivity index (χ1) is 15.4. The van der Waals surface area contributed by atoms with Gasteiger partial charge < -0.3 is 0 Å². The van der Waals surface area contributed by atoms with Crippen LogP contribution < -0.4 is 0 Å². The number of rotatable bonds is 3. The number of nitrogens with zero attached hydrogens (tertiary/aromatic N) is 3. The molecule has 6 fully saturated rings. The van der Waals surface area contributed by atoms with Crippen molar-refractivity contribution in [1.29, 1.82) is 0 Å². The Labute approximate surface area is 206 Å². The van der Waals surface area contributed by atoms with Gasteiger partial charge in [0.05, 0.1) is 27.4 Å². The smallest absolute Gasteiger partial charge is 0.0924 e. The zero-order valence-electron chi connectivity index (χ0n) is 19.2. The van der Waals surface area contributed by atoms with Crippen LogP contribution in [0.25, 0.3) is 0 Å². The van der Waals surface area contributed by atoms with Gasteiger partial charge in [0.25, 0.3) is 0 Å². The SMILES string of the molecule is CC1(C)C(=Nc2cccc(Cl)c2)SC(=NC23CC4CC(CC(C4)C2)C3)C1N1CCSCC1. The highest BCUT2D eigenvalue weighted by molar-refractivity contribution is 8.27. The van der Waals surface area contributed by atoms with Crippen molar-refractivity contribution >= 4 is 50.9 Å². The molecular formula is C26H34ClN3S2. The Balaban J connectivity index is 1.39. The Morgan fingerprint density at radius 1 is 1.00 bits per heavy atom. The lowest BCUT2D eigenvalue weighted by Gasteiger charge is -2.55. The second-order valence-corrected chi connectivity index (χ2v) is 14.0. The molecule has 4 saturated carbocycles. The van der Waals surface area contributed by atoms with E-state index in [1.807, 2.05) is 30.0 Å². The molecule has 0 N–H and O–H groups in total. The summed E-state index contributed by atoms with van der Waals surface area (Å²) in [6.45, 7) is 7.09. The van der Waals surface area contributed by atoms with E-state index in [0.717, 1.165) is 41.6 Å². The van der Waals surface area contributed by atoms with Crippen LogP contribution >= 0.6 is 35.1 Å². The van der Waals surface area contributed by atoms with Crippen LogP contribution in [0.1, 0.15) is 52.4 Å². The zero-order chi connectivity index (χ0) is 21.9. The van der Waals surface area contributed by atoms with Crippen molar-refractivity contribution in [3.63, 3.8) is 0 Å². The molecule has 2 heterocycles. The minimum Gasteiger partial charge on any atom is -0.292 e. The van der Waals surface area contributed by atoms with Crippen molar-refractivity contribution < 1.29 is 0 Å². The largest absolute Gasteiger partial charge is 0.292 e. The van der Waals surface area contributed by atoms with Gasteiger partial charge in [-0.05, 0) is 74.5 Å². The normalized spacial score (nSPS) is 41.1. The molecule has 0 spiro atoms. The van der Waals surface area contributed by atoms with E-state index in [1.54, 1.807) is 0 Å². The molecule has 1 atom stereocenters. The minimum atomic E-state index is -0.0455. The van der Waals surface area contributed by atoms with E-state index in [1.165, 1.54) is 60.1 Å². The molecule has 0 amide bonds. The summed E-state index contributed by atoms with van der Waals surface area (Å²) in [6.07, 6.45) is 8.39. The number of hydrogen-bond donors (Lipinski definition) is 0. The Morgan fingerprint density at radius 2 is 1.66 bits per heavy atom. The molecule has 4 aliphatic carbocycles. The summed E-state index contributed by atoms with van der Waals surface area (Å²) in [7, 11) is 0. The lowest BCUT2D eigenvalue weighted by Crippen LogP contribution is -2.53. The van der Waals surface area contributed by atoms with Gasteiger partial charge >= 0.3 is 0 Å². The molecule has 4 bridgehead atoms. The highest BCUT2D eigenvalue weighted by Crippen LogP contribution is 2.58. The number of thioether (sulfide) groups is 2. The summed E-state index contributed by atoms with van der Waals surface area (Å²) in [5.41, 5.74) is 1.12. The topological polar surface area (TPSA) is 28.0 Å². The van der Waals surface area contributed by atoms with E-state index in [0.29, 0.717) is 6.04 Å². The first kappa shape index (κ1) is 22.0. The maximum absolute atomic E-state index is 6.27. The van der Waals surface area contributed by atoms with Crippen LogP contribution in [-0.4, -0.2) is 51.2 Å².